The number of imidazole rings is 1. The van der Waals surface area contributed by atoms with E-state index in [2.05, 4.69) is 15.3 Å². The van der Waals surface area contributed by atoms with Crippen LogP contribution in [0.5, 0.6) is 0 Å². The van der Waals surface area contributed by atoms with Crippen molar-refractivity contribution < 1.29 is 4.74 Å². The van der Waals surface area contributed by atoms with E-state index < -0.39 is 0 Å². The van der Waals surface area contributed by atoms with Crippen molar-refractivity contribution in [1.29, 1.82) is 0 Å². The van der Waals surface area contributed by atoms with E-state index in [1.165, 1.54) is 25.0 Å². The molecule has 0 spiro atoms. The number of ether oxygens (including phenoxy) is 1. The van der Waals surface area contributed by atoms with Gasteiger partial charge >= 0.3 is 0 Å². The molecule has 0 amide bonds. The van der Waals surface area contributed by atoms with Crippen molar-refractivity contribution in [3.05, 3.63) is 17.7 Å². The lowest BCUT2D eigenvalue weighted by atomic mass is 10.0. The van der Waals surface area contributed by atoms with Crippen LogP contribution >= 0.6 is 0 Å². The fourth-order valence-corrected chi connectivity index (χ4v) is 2.80. The third kappa shape index (κ3) is 2.69. The van der Waals surface area contributed by atoms with Gasteiger partial charge in [0, 0.05) is 36.9 Å². The van der Waals surface area contributed by atoms with Gasteiger partial charge in [0.15, 0.2) is 0 Å². The maximum absolute atomic E-state index is 5.41. The summed E-state index contributed by atoms with van der Waals surface area (Å²) >= 11 is 0. The van der Waals surface area contributed by atoms with E-state index >= 15 is 0 Å². The largest absolute Gasteiger partial charge is 0.381 e. The summed E-state index contributed by atoms with van der Waals surface area (Å²) < 4.78 is 5.41. The van der Waals surface area contributed by atoms with Crippen LogP contribution in [0.4, 0.5) is 0 Å². The minimum atomic E-state index is 0.538. The minimum absolute atomic E-state index is 0.538. The maximum Gasteiger partial charge on any atom is 0.107 e. The van der Waals surface area contributed by atoms with Crippen LogP contribution in [-0.4, -0.2) is 35.8 Å². The highest BCUT2D eigenvalue weighted by Crippen LogP contribution is 2.23. The van der Waals surface area contributed by atoms with Gasteiger partial charge in [0.1, 0.15) is 5.82 Å². The van der Waals surface area contributed by atoms with Gasteiger partial charge in [0.2, 0.25) is 0 Å². The van der Waals surface area contributed by atoms with E-state index in [0.29, 0.717) is 12.0 Å². The number of H-pyrrole nitrogens is 1. The Morgan fingerprint density at radius 1 is 1.35 bits per heavy atom. The molecule has 2 aliphatic rings. The predicted octanol–water partition coefficient (Wildman–Crippen LogP) is 1.60. The zero-order valence-electron chi connectivity index (χ0n) is 10.2. The van der Waals surface area contributed by atoms with Crippen LogP contribution in [0.3, 0.4) is 0 Å². The molecule has 0 aliphatic carbocycles. The Morgan fingerprint density at radius 2 is 2.35 bits per heavy atom. The van der Waals surface area contributed by atoms with Crippen molar-refractivity contribution >= 4 is 0 Å². The van der Waals surface area contributed by atoms with Crippen molar-refractivity contribution in [3.8, 4) is 0 Å². The van der Waals surface area contributed by atoms with Crippen LogP contribution in [0.1, 0.15) is 43.1 Å². The lowest BCUT2D eigenvalue weighted by Crippen LogP contribution is -2.35. The Kier molecular flexibility index (Phi) is 3.43. The normalized spacial score (nSPS) is 29.6. The zero-order valence-corrected chi connectivity index (χ0v) is 10.2. The van der Waals surface area contributed by atoms with Crippen LogP contribution in [0, 0.1) is 0 Å². The molecule has 0 radical (unpaired) electrons. The lowest BCUT2D eigenvalue weighted by Gasteiger charge is -2.22. The van der Waals surface area contributed by atoms with Gasteiger partial charge in [-0.3, -0.25) is 0 Å². The summed E-state index contributed by atoms with van der Waals surface area (Å²) in [5.74, 6) is 1.67. The molecule has 0 saturated carbocycles. The molecule has 2 unspecified atom stereocenters. The molecule has 17 heavy (non-hydrogen) atoms. The van der Waals surface area contributed by atoms with E-state index in [4.69, 9.17) is 4.74 Å². The van der Waals surface area contributed by atoms with E-state index in [0.717, 1.165) is 38.4 Å². The highest BCUT2D eigenvalue weighted by molar-refractivity contribution is 5.09. The molecule has 2 N–H and O–H groups in total. The van der Waals surface area contributed by atoms with Crippen LogP contribution in [0.25, 0.3) is 0 Å². The zero-order chi connectivity index (χ0) is 11.5. The highest BCUT2D eigenvalue weighted by Gasteiger charge is 2.21. The molecule has 3 rings (SSSR count). The van der Waals surface area contributed by atoms with Gasteiger partial charge in [-0.05, 0) is 25.8 Å². The van der Waals surface area contributed by atoms with Crippen LogP contribution in [0.2, 0.25) is 0 Å². The first-order chi connectivity index (χ1) is 8.42. The molecule has 0 bridgehead atoms. The third-order valence-electron chi connectivity index (χ3n) is 3.87. The Morgan fingerprint density at radius 3 is 3.12 bits per heavy atom. The fourth-order valence-electron chi connectivity index (χ4n) is 2.80. The summed E-state index contributed by atoms with van der Waals surface area (Å²) in [5, 5.41) is 3.56. The van der Waals surface area contributed by atoms with Crippen LogP contribution in [0.15, 0.2) is 6.20 Å². The van der Waals surface area contributed by atoms with Crippen molar-refractivity contribution in [3.63, 3.8) is 0 Å². The smallest absolute Gasteiger partial charge is 0.107 e. The summed E-state index contributed by atoms with van der Waals surface area (Å²) in [5.41, 5.74) is 1.26. The summed E-state index contributed by atoms with van der Waals surface area (Å²) in [7, 11) is 0. The predicted molar refractivity (Wildman–Crippen MR) is 66.1 cm³/mol. The first-order valence-corrected chi connectivity index (χ1v) is 6.77. The number of hydrogen-bond donors (Lipinski definition) is 2. The summed E-state index contributed by atoms with van der Waals surface area (Å²) in [4.78, 5) is 7.98. The minimum Gasteiger partial charge on any atom is -0.381 e. The third-order valence-corrected chi connectivity index (χ3v) is 3.87. The average molecular weight is 235 g/mol. The van der Waals surface area contributed by atoms with Gasteiger partial charge in [-0.1, -0.05) is 6.42 Å². The number of nitrogens with zero attached hydrogens (tertiary/aromatic N) is 1. The number of aromatic amines is 1. The van der Waals surface area contributed by atoms with E-state index in [-0.39, 0.29) is 0 Å². The summed E-state index contributed by atoms with van der Waals surface area (Å²) in [6.45, 7) is 2.90. The molecule has 2 fully saturated rings. The second-order valence-corrected chi connectivity index (χ2v) is 5.20. The molecule has 3 heterocycles. The van der Waals surface area contributed by atoms with Crippen molar-refractivity contribution in [2.75, 3.05) is 19.8 Å². The second kappa shape index (κ2) is 5.19. The first kappa shape index (κ1) is 11.2. The monoisotopic (exact) mass is 235 g/mol. The van der Waals surface area contributed by atoms with Gasteiger partial charge in [-0.25, -0.2) is 4.98 Å². The molecule has 1 aromatic heterocycles. The van der Waals surface area contributed by atoms with Crippen LogP contribution < -0.4 is 5.32 Å². The molecular weight excluding hydrogens is 214 g/mol. The Balaban J connectivity index is 1.59. The van der Waals surface area contributed by atoms with Gasteiger partial charge in [-0.15, -0.1) is 0 Å². The van der Waals surface area contributed by atoms with E-state index in [9.17, 15) is 0 Å². The van der Waals surface area contributed by atoms with Gasteiger partial charge in [0.25, 0.3) is 0 Å². The second-order valence-electron chi connectivity index (χ2n) is 5.20. The summed E-state index contributed by atoms with van der Waals surface area (Å²) in [6.07, 6.45) is 8.11. The average Bonchev–Trinajstić information content (AvgIpc) is 3.00. The van der Waals surface area contributed by atoms with E-state index in [1.54, 1.807) is 0 Å². The van der Waals surface area contributed by atoms with Crippen LogP contribution in [-0.2, 0) is 11.2 Å². The van der Waals surface area contributed by atoms with Gasteiger partial charge in [0.05, 0.1) is 6.61 Å². The topological polar surface area (TPSA) is 49.9 Å². The molecule has 2 atom stereocenters. The SMILES string of the molecule is c1nc(CC2CCCCN2)[nH]c1C1CCOC1. The molecule has 4 nitrogen and oxygen atoms in total. The van der Waals surface area contributed by atoms with Crippen molar-refractivity contribution in [2.24, 2.45) is 0 Å². The van der Waals surface area contributed by atoms with Crippen molar-refractivity contribution in [1.82, 2.24) is 15.3 Å². The van der Waals surface area contributed by atoms with E-state index in [1.807, 2.05) is 6.20 Å². The molecule has 1 aromatic rings. The number of rotatable bonds is 3. The number of piperidine rings is 1. The molecular formula is C13H21N3O. The molecule has 0 aromatic carbocycles. The Hall–Kier alpha value is -0.870. The number of nitrogens with one attached hydrogen (secondary N) is 2. The molecule has 4 heteroatoms. The highest BCUT2D eigenvalue weighted by atomic mass is 16.5. The Labute approximate surface area is 102 Å². The maximum atomic E-state index is 5.41. The molecule has 94 valence electrons. The number of aromatic nitrogens is 2. The lowest BCUT2D eigenvalue weighted by molar-refractivity contribution is 0.193. The van der Waals surface area contributed by atoms with Gasteiger partial charge < -0.3 is 15.0 Å². The van der Waals surface area contributed by atoms with Crippen molar-refractivity contribution in [2.45, 2.75) is 44.1 Å². The standard InChI is InChI=1S/C13H21N3O/c1-2-5-14-11(3-1)7-13-15-8-12(16-13)10-4-6-17-9-10/h8,10-11,14H,1-7,9H2,(H,15,16). The first-order valence-electron chi connectivity index (χ1n) is 6.77. The fraction of sp³-hybridized carbons (Fsp3) is 0.769. The number of hydrogen-bond acceptors (Lipinski definition) is 3. The van der Waals surface area contributed by atoms with Gasteiger partial charge in [-0.2, -0.15) is 0 Å². The molecule has 2 aliphatic heterocycles. The quantitative estimate of drug-likeness (QED) is 0.836. The summed E-state index contributed by atoms with van der Waals surface area (Å²) in [6, 6.07) is 0.613. The molecule has 2 saturated heterocycles. The Bertz CT molecular complexity index is 351.